The molecule has 0 unspecified atom stereocenters. The van der Waals surface area contributed by atoms with Crippen molar-refractivity contribution in [3.8, 4) is 23.1 Å². The highest BCUT2D eigenvalue weighted by molar-refractivity contribution is 7.92. The number of pyridine rings is 2. The van der Waals surface area contributed by atoms with Gasteiger partial charge in [-0.25, -0.2) is 13.4 Å². The summed E-state index contributed by atoms with van der Waals surface area (Å²) < 4.78 is 45.0. The number of hydrogen-bond acceptors (Lipinski definition) is 7. The first kappa shape index (κ1) is 19.3. The van der Waals surface area contributed by atoms with Gasteiger partial charge in [-0.2, -0.15) is 0 Å². The molecule has 0 aliphatic carbocycles. The van der Waals surface area contributed by atoms with Crippen molar-refractivity contribution in [3.05, 3.63) is 59.5 Å². The van der Waals surface area contributed by atoms with Crippen molar-refractivity contribution in [2.45, 2.75) is 11.8 Å². The Bertz CT molecular complexity index is 1170. The maximum atomic E-state index is 12.9. The third kappa shape index (κ3) is 4.20. The minimum atomic E-state index is -3.97. The summed E-state index contributed by atoms with van der Waals surface area (Å²) in [5.74, 6) is 1.36. The fraction of sp³-hybridized carbons (Fsp3) is 0.158. The van der Waals surface area contributed by atoms with E-state index in [2.05, 4.69) is 14.7 Å². The molecular formula is C19H16ClN3O5S. The lowest BCUT2D eigenvalue weighted by molar-refractivity contribution is 0.171. The van der Waals surface area contributed by atoms with Gasteiger partial charge in [0.05, 0.1) is 15.6 Å². The predicted octanol–water partition coefficient (Wildman–Crippen LogP) is 3.80. The van der Waals surface area contributed by atoms with Crippen LogP contribution >= 0.6 is 11.6 Å². The average Bonchev–Trinajstić information content (AvgIpc) is 2.71. The average molecular weight is 434 g/mol. The Hall–Kier alpha value is -3.04. The van der Waals surface area contributed by atoms with E-state index < -0.39 is 10.0 Å². The summed E-state index contributed by atoms with van der Waals surface area (Å²) in [5, 5.41) is 0.250. The van der Waals surface area contributed by atoms with E-state index in [1.165, 1.54) is 24.4 Å². The van der Waals surface area contributed by atoms with Crippen LogP contribution in [0.25, 0.3) is 0 Å². The van der Waals surface area contributed by atoms with Crippen LogP contribution in [-0.4, -0.2) is 31.6 Å². The SMILES string of the molecule is Cc1ncccc1Oc1ncc(Cl)cc1NS(=O)(=O)c1ccc2c(c1)OCCO2. The fourth-order valence-electron chi connectivity index (χ4n) is 2.66. The van der Waals surface area contributed by atoms with Gasteiger partial charge in [-0.3, -0.25) is 9.71 Å². The summed E-state index contributed by atoms with van der Waals surface area (Å²) in [4.78, 5) is 8.26. The van der Waals surface area contributed by atoms with Crippen LogP contribution in [0.2, 0.25) is 5.02 Å². The highest BCUT2D eigenvalue weighted by Crippen LogP contribution is 2.35. The first-order valence-electron chi connectivity index (χ1n) is 8.60. The third-order valence-corrected chi connectivity index (χ3v) is 5.62. The van der Waals surface area contributed by atoms with Crippen molar-refractivity contribution in [3.63, 3.8) is 0 Å². The summed E-state index contributed by atoms with van der Waals surface area (Å²) in [6.07, 6.45) is 2.99. The number of ether oxygens (including phenoxy) is 3. The van der Waals surface area contributed by atoms with Gasteiger partial charge >= 0.3 is 0 Å². The lowest BCUT2D eigenvalue weighted by Gasteiger charge is -2.19. The maximum absolute atomic E-state index is 12.9. The number of hydrogen-bond donors (Lipinski definition) is 1. The van der Waals surface area contributed by atoms with E-state index in [9.17, 15) is 8.42 Å². The molecule has 0 bridgehead atoms. The van der Waals surface area contributed by atoms with Crippen LogP contribution in [-0.2, 0) is 10.0 Å². The van der Waals surface area contributed by atoms with E-state index >= 15 is 0 Å². The van der Waals surface area contributed by atoms with Crippen molar-refractivity contribution >= 4 is 27.3 Å². The van der Waals surface area contributed by atoms with Gasteiger partial charge in [0.1, 0.15) is 18.9 Å². The van der Waals surface area contributed by atoms with Gasteiger partial charge < -0.3 is 14.2 Å². The first-order chi connectivity index (χ1) is 13.9. The quantitative estimate of drug-likeness (QED) is 0.653. The summed E-state index contributed by atoms with van der Waals surface area (Å²) in [7, 11) is -3.97. The molecular weight excluding hydrogens is 418 g/mol. The van der Waals surface area contributed by atoms with Gasteiger partial charge in [0.15, 0.2) is 17.2 Å². The number of fused-ring (bicyclic) bond motifs is 1. The number of benzene rings is 1. The van der Waals surface area contributed by atoms with E-state index in [1.807, 2.05) is 0 Å². The zero-order valence-corrected chi connectivity index (χ0v) is 16.8. The maximum Gasteiger partial charge on any atom is 0.262 e. The minimum absolute atomic E-state index is 0.00485. The lowest BCUT2D eigenvalue weighted by atomic mass is 10.3. The second-order valence-corrected chi connectivity index (χ2v) is 8.23. The van der Waals surface area contributed by atoms with Crippen LogP contribution in [0.1, 0.15) is 5.69 Å². The molecule has 1 aromatic carbocycles. The summed E-state index contributed by atoms with van der Waals surface area (Å²) in [6.45, 7) is 2.54. The van der Waals surface area contributed by atoms with Crippen LogP contribution in [0.3, 0.4) is 0 Å². The number of anilines is 1. The molecule has 0 atom stereocenters. The molecule has 0 amide bonds. The van der Waals surface area contributed by atoms with Crippen LogP contribution in [0, 0.1) is 6.92 Å². The monoisotopic (exact) mass is 433 g/mol. The van der Waals surface area contributed by atoms with Gasteiger partial charge in [-0.05, 0) is 37.3 Å². The molecule has 3 heterocycles. The molecule has 2 aromatic heterocycles. The molecule has 10 heteroatoms. The molecule has 0 fully saturated rings. The van der Waals surface area contributed by atoms with E-state index in [4.69, 9.17) is 25.8 Å². The number of aryl methyl sites for hydroxylation is 1. The Balaban J connectivity index is 1.66. The Morgan fingerprint density at radius 3 is 2.69 bits per heavy atom. The van der Waals surface area contributed by atoms with E-state index in [0.29, 0.717) is 36.2 Å². The third-order valence-electron chi connectivity index (χ3n) is 4.05. The molecule has 0 saturated heterocycles. The van der Waals surface area contributed by atoms with Gasteiger partial charge in [-0.1, -0.05) is 11.6 Å². The van der Waals surface area contributed by atoms with Crippen LogP contribution in [0.5, 0.6) is 23.1 Å². The summed E-state index contributed by atoms with van der Waals surface area (Å²) >= 11 is 6.02. The smallest absolute Gasteiger partial charge is 0.262 e. The number of sulfonamides is 1. The van der Waals surface area contributed by atoms with E-state index in [0.717, 1.165) is 0 Å². The lowest BCUT2D eigenvalue weighted by Crippen LogP contribution is -2.17. The Labute approximate surface area is 172 Å². The molecule has 4 rings (SSSR count). The summed E-state index contributed by atoms with van der Waals surface area (Å²) in [6, 6.07) is 9.22. The number of halogens is 1. The molecule has 1 aliphatic rings. The zero-order chi connectivity index (χ0) is 20.4. The van der Waals surface area contributed by atoms with Crippen molar-refractivity contribution in [2.75, 3.05) is 17.9 Å². The number of rotatable bonds is 5. The van der Waals surface area contributed by atoms with Gasteiger partial charge in [0.25, 0.3) is 10.0 Å². The van der Waals surface area contributed by atoms with Gasteiger partial charge in [0, 0.05) is 18.5 Å². The molecule has 29 heavy (non-hydrogen) atoms. The van der Waals surface area contributed by atoms with Gasteiger partial charge in [-0.15, -0.1) is 0 Å². The van der Waals surface area contributed by atoms with E-state index in [-0.39, 0.29) is 21.5 Å². The van der Waals surface area contributed by atoms with Crippen molar-refractivity contribution < 1.29 is 22.6 Å². The van der Waals surface area contributed by atoms with Crippen molar-refractivity contribution in [1.29, 1.82) is 0 Å². The number of nitrogens with zero attached hydrogens (tertiary/aromatic N) is 2. The zero-order valence-electron chi connectivity index (χ0n) is 15.3. The molecule has 0 radical (unpaired) electrons. The van der Waals surface area contributed by atoms with Crippen LogP contribution in [0.4, 0.5) is 5.69 Å². The minimum Gasteiger partial charge on any atom is -0.486 e. The molecule has 150 valence electrons. The van der Waals surface area contributed by atoms with E-state index in [1.54, 1.807) is 31.3 Å². The largest absolute Gasteiger partial charge is 0.486 e. The van der Waals surface area contributed by atoms with Gasteiger partial charge in [0.2, 0.25) is 5.88 Å². The standard InChI is InChI=1S/C19H16ClN3O5S/c1-12-16(3-2-6-21-12)28-19-15(9-13(20)11-22-19)23-29(24,25)14-4-5-17-18(10-14)27-8-7-26-17/h2-6,9-11,23H,7-8H2,1H3. The predicted molar refractivity (Wildman–Crippen MR) is 107 cm³/mol. The molecule has 1 N–H and O–H groups in total. The fourth-order valence-corrected chi connectivity index (χ4v) is 3.88. The Morgan fingerprint density at radius 1 is 1.10 bits per heavy atom. The second-order valence-electron chi connectivity index (χ2n) is 6.11. The van der Waals surface area contributed by atoms with Crippen molar-refractivity contribution in [2.24, 2.45) is 0 Å². The summed E-state index contributed by atoms with van der Waals surface area (Å²) in [5.41, 5.74) is 0.723. The molecule has 1 aliphatic heterocycles. The van der Waals surface area contributed by atoms with Crippen LogP contribution in [0.15, 0.2) is 53.7 Å². The first-order valence-corrected chi connectivity index (χ1v) is 10.5. The second kappa shape index (κ2) is 7.76. The number of nitrogens with one attached hydrogen (secondary N) is 1. The highest BCUT2D eigenvalue weighted by atomic mass is 35.5. The van der Waals surface area contributed by atoms with Crippen molar-refractivity contribution in [1.82, 2.24) is 9.97 Å². The normalized spacial score (nSPS) is 13.0. The topological polar surface area (TPSA) is 99.6 Å². The number of aromatic nitrogens is 2. The molecule has 8 nitrogen and oxygen atoms in total. The Morgan fingerprint density at radius 2 is 1.90 bits per heavy atom. The highest BCUT2D eigenvalue weighted by Gasteiger charge is 2.22. The molecule has 0 spiro atoms. The Kier molecular flexibility index (Phi) is 5.16. The van der Waals surface area contributed by atoms with Crippen LogP contribution < -0.4 is 18.9 Å². The molecule has 3 aromatic rings. The molecule has 0 saturated carbocycles.